The summed E-state index contributed by atoms with van der Waals surface area (Å²) in [5, 5.41) is 3.47. The van der Waals surface area contributed by atoms with Crippen molar-refractivity contribution in [2.24, 2.45) is 12.5 Å². The lowest BCUT2D eigenvalue weighted by Gasteiger charge is -2.28. The van der Waals surface area contributed by atoms with Gasteiger partial charge in [0.25, 0.3) is 0 Å². The molecule has 4 heteroatoms. The molecule has 4 nitrogen and oxygen atoms in total. The summed E-state index contributed by atoms with van der Waals surface area (Å²) in [5.74, 6) is 1.17. The first-order chi connectivity index (χ1) is 8.61. The number of aromatic nitrogens is 2. The Kier molecular flexibility index (Phi) is 6.36. The van der Waals surface area contributed by atoms with Gasteiger partial charge in [0.2, 0.25) is 0 Å². The molecular weight excluding hydrogens is 226 g/mol. The van der Waals surface area contributed by atoms with E-state index in [-0.39, 0.29) is 0 Å². The molecule has 0 saturated carbocycles. The van der Waals surface area contributed by atoms with Crippen LogP contribution in [0.4, 0.5) is 0 Å². The van der Waals surface area contributed by atoms with Gasteiger partial charge in [0.15, 0.2) is 0 Å². The summed E-state index contributed by atoms with van der Waals surface area (Å²) in [6.07, 6.45) is 7.26. The predicted molar refractivity (Wildman–Crippen MR) is 74.7 cm³/mol. The van der Waals surface area contributed by atoms with E-state index in [1.165, 1.54) is 12.2 Å². The number of methoxy groups -OCH3 is 1. The number of rotatable bonds is 9. The Morgan fingerprint density at radius 2 is 2.28 bits per heavy atom. The second kappa shape index (κ2) is 7.54. The molecule has 0 saturated heterocycles. The van der Waals surface area contributed by atoms with E-state index in [4.69, 9.17) is 4.74 Å². The lowest BCUT2D eigenvalue weighted by Crippen LogP contribution is -2.33. The number of imidazole rings is 1. The molecule has 104 valence electrons. The van der Waals surface area contributed by atoms with Crippen LogP contribution >= 0.6 is 0 Å². The number of nitrogens with one attached hydrogen (secondary N) is 1. The highest BCUT2D eigenvalue weighted by Gasteiger charge is 2.22. The lowest BCUT2D eigenvalue weighted by atomic mass is 9.82. The third-order valence-corrected chi connectivity index (χ3v) is 3.76. The normalized spacial score (nSPS) is 14.7. The molecule has 1 atom stereocenters. The van der Waals surface area contributed by atoms with Crippen molar-refractivity contribution in [2.75, 3.05) is 26.8 Å². The van der Waals surface area contributed by atoms with E-state index in [9.17, 15) is 0 Å². The van der Waals surface area contributed by atoms with Gasteiger partial charge < -0.3 is 14.6 Å². The minimum atomic E-state index is 0.333. The summed E-state index contributed by atoms with van der Waals surface area (Å²) < 4.78 is 7.15. The van der Waals surface area contributed by atoms with Crippen LogP contribution in [-0.4, -0.2) is 36.4 Å². The summed E-state index contributed by atoms with van der Waals surface area (Å²) in [5.41, 5.74) is 0.333. The number of ether oxygens (including phenoxy) is 1. The van der Waals surface area contributed by atoms with Crippen LogP contribution in [0.15, 0.2) is 12.4 Å². The highest BCUT2D eigenvalue weighted by Crippen LogP contribution is 2.26. The van der Waals surface area contributed by atoms with Crippen LogP contribution in [0.5, 0.6) is 0 Å². The van der Waals surface area contributed by atoms with E-state index in [1.54, 1.807) is 7.11 Å². The number of nitrogens with zero attached hydrogens (tertiary/aromatic N) is 2. The Hall–Kier alpha value is -0.870. The maximum absolute atomic E-state index is 5.05. The Bertz CT molecular complexity index is 338. The molecule has 0 aromatic carbocycles. The molecule has 1 heterocycles. The van der Waals surface area contributed by atoms with E-state index in [1.807, 2.05) is 12.4 Å². The number of hydrogen-bond acceptors (Lipinski definition) is 3. The van der Waals surface area contributed by atoms with Gasteiger partial charge in [0, 0.05) is 46.1 Å². The number of aryl methyl sites for hydroxylation is 2. The zero-order valence-corrected chi connectivity index (χ0v) is 12.2. The van der Waals surface area contributed by atoms with Crippen LogP contribution in [0, 0.1) is 5.41 Å². The molecule has 1 rings (SSSR count). The predicted octanol–water partition coefficient (Wildman–Crippen LogP) is 2.00. The van der Waals surface area contributed by atoms with Gasteiger partial charge in [-0.1, -0.05) is 13.8 Å². The average molecular weight is 253 g/mol. The van der Waals surface area contributed by atoms with Gasteiger partial charge in [0.1, 0.15) is 5.82 Å². The van der Waals surface area contributed by atoms with Crippen molar-refractivity contribution in [1.82, 2.24) is 14.9 Å². The summed E-state index contributed by atoms with van der Waals surface area (Å²) >= 11 is 0. The van der Waals surface area contributed by atoms with Gasteiger partial charge in [-0.2, -0.15) is 0 Å². The van der Waals surface area contributed by atoms with Crippen molar-refractivity contribution in [2.45, 2.75) is 33.1 Å². The summed E-state index contributed by atoms with van der Waals surface area (Å²) in [6, 6.07) is 0. The quantitative estimate of drug-likeness (QED) is 0.684. The molecule has 0 fully saturated rings. The first-order valence-electron chi connectivity index (χ1n) is 6.77. The summed E-state index contributed by atoms with van der Waals surface area (Å²) in [7, 11) is 3.80. The second-order valence-electron chi connectivity index (χ2n) is 5.29. The zero-order valence-electron chi connectivity index (χ0n) is 12.2. The standard InChI is InChI=1S/C14H27N3O/c1-5-14(2,12-15-9-11-18-4)7-6-13-16-8-10-17(13)3/h8,10,15H,5-7,9,11-12H2,1-4H3. The Balaban J connectivity index is 2.37. The van der Waals surface area contributed by atoms with E-state index in [0.29, 0.717) is 5.41 Å². The SMILES string of the molecule is CCC(C)(CCc1nccn1C)CNCCOC. The molecule has 1 N–H and O–H groups in total. The second-order valence-corrected chi connectivity index (χ2v) is 5.29. The molecular formula is C14H27N3O. The Morgan fingerprint density at radius 3 is 2.83 bits per heavy atom. The highest BCUT2D eigenvalue weighted by molar-refractivity contribution is 4.93. The van der Waals surface area contributed by atoms with E-state index < -0.39 is 0 Å². The highest BCUT2D eigenvalue weighted by atomic mass is 16.5. The minimum absolute atomic E-state index is 0.333. The van der Waals surface area contributed by atoms with Gasteiger partial charge in [-0.3, -0.25) is 0 Å². The van der Waals surface area contributed by atoms with Crippen LogP contribution in [0.1, 0.15) is 32.5 Å². The molecule has 0 spiro atoms. The molecule has 0 amide bonds. The van der Waals surface area contributed by atoms with Gasteiger partial charge >= 0.3 is 0 Å². The molecule has 0 aliphatic rings. The molecule has 0 aliphatic carbocycles. The van der Waals surface area contributed by atoms with Crippen LogP contribution in [-0.2, 0) is 18.2 Å². The van der Waals surface area contributed by atoms with Crippen molar-refractivity contribution < 1.29 is 4.74 Å². The molecule has 1 aromatic heterocycles. The zero-order chi connectivity index (χ0) is 13.4. The van der Waals surface area contributed by atoms with Gasteiger partial charge in [-0.25, -0.2) is 4.98 Å². The van der Waals surface area contributed by atoms with Crippen molar-refractivity contribution in [3.05, 3.63) is 18.2 Å². The van der Waals surface area contributed by atoms with Crippen molar-refractivity contribution in [3.8, 4) is 0 Å². The molecule has 1 unspecified atom stereocenters. The third-order valence-electron chi connectivity index (χ3n) is 3.76. The minimum Gasteiger partial charge on any atom is -0.383 e. The van der Waals surface area contributed by atoms with Crippen LogP contribution in [0.25, 0.3) is 0 Å². The Morgan fingerprint density at radius 1 is 1.50 bits per heavy atom. The fraction of sp³-hybridized carbons (Fsp3) is 0.786. The molecule has 0 radical (unpaired) electrons. The van der Waals surface area contributed by atoms with Crippen LogP contribution < -0.4 is 5.32 Å². The van der Waals surface area contributed by atoms with Gasteiger partial charge in [0.05, 0.1) is 6.61 Å². The molecule has 1 aromatic rings. The Labute approximate surface area is 111 Å². The van der Waals surface area contributed by atoms with Crippen molar-refractivity contribution in [1.29, 1.82) is 0 Å². The topological polar surface area (TPSA) is 39.1 Å². The molecule has 18 heavy (non-hydrogen) atoms. The lowest BCUT2D eigenvalue weighted by molar-refractivity contribution is 0.189. The first kappa shape index (κ1) is 15.2. The van der Waals surface area contributed by atoms with Crippen molar-refractivity contribution in [3.63, 3.8) is 0 Å². The first-order valence-corrected chi connectivity index (χ1v) is 6.77. The maximum Gasteiger partial charge on any atom is 0.108 e. The van der Waals surface area contributed by atoms with Crippen LogP contribution in [0.2, 0.25) is 0 Å². The molecule has 0 bridgehead atoms. The number of hydrogen-bond donors (Lipinski definition) is 1. The molecule has 0 aliphatic heterocycles. The van der Waals surface area contributed by atoms with E-state index in [0.717, 1.165) is 32.5 Å². The summed E-state index contributed by atoms with van der Waals surface area (Å²) in [4.78, 5) is 4.39. The smallest absolute Gasteiger partial charge is 0.108 e. The average Bonchev–Trinajstić information content (AvgIpc) is 2.78. The monoisotopic (exact) mass is 253 g/mol. The largest absolute Gasteiger partial charge is 0.383 e. The van der Waals surface area contributed by atoms with Gasteiger partial charge in [-0.05, 0) is 18.3 Å². The summed E-state index contributed by atoms with van der Waals surface area (Å²) in [6.45, 7) is 7.34. The third kappa shape index (κ3) is 4.78. The fourth-order valence-corrected chi connectivity index (χ4v) is 2.01. The van der Waals surface area contributed by atoms with Crippen molar-refractivity contribution >= 4 is 0 Å². The van der Waals surface area contributed by atoms with Crippen LogP contribution in [0.3, 0.4) is 0 Å². The van der Waals surface area contributed by atoms with Gasteiger partial charge in [-0.15, -0.1) is 0 Å². The van der Waals surface area contributed by atoms with E-state index >= 15 is 0 Å². The van der Waals surface area contributed by atoms with E-state index in [2.05, 4.69) is 35.8 Å². The maximum atomic E-state index is 5.05. The fourth-order valence-electron chi connectivity index (χ4n) is 2.01.